The second kappa shape index (κ2) is 7.16. The quantitative estimate of drug-likeness (QED) is 0.275. The Morgan fingerprint density at radius 1 is 0.758 bits per heavy atom. The zero-order valence-electron chi connectivity index (χ0n) is 17.1. The van der Waals surface area contributed by atoms with Crippen molar-refractivity contribution in [2.45, 2.75) is 11.7 Å². The van der Waals surface area contributed by atoms with Gasteiger partial charge in [-0.25, -0.2) is 4.90 Å². The summed E-state index contributed by atoms with van der Waals surface area (Å²) in [6, 6.07) is 22.4. The average molecular weight is 549 g/mol. The fourth-order valence-corrected chi connectivity index (χ4v) is 5.90. The summed E-state index contributed by atoms with van der Waals surface area (Å²) in [5.41, 5.74) is -0.530. The van der Waals surface area contributed by atoms with E-state index in [2.05, 4.69) is 22.6 Å². The minimum atomic E-state index is -2.05. The van der Waals surface area contributed by atoms with Crippen molar-refractivity contribution < 1.29 is 23.9 Å². The molecule has 3 unspecified atom stereocenters. The molecule has 0 radical (unpaired) electrons. The third-order valence-corrected chi connectivity index (χ3v) is 7.38. The Labute approximate surface area is 202 Å². The van der Waals surface area contributed by atoms with E-state index < -0.39 is 46.9 Å². The Bertz CT molecular complexity index is 1330. The highest BCUT2D eigenvalue weighted by Crippen LogP contribution is 2.57. The number of ketones is 2. The summed E-state index contributed by atoms with van der Waals surface area (Å²) in [4.78, 5) is 55.9. The molecule has 2 amide bonds. The molecule has 0 N–H and O–H groups in total. The number of hydrogen-bond donors (Lipinski definition) is 0. The highest BCUT2D eigenvalue weighted by molar-refractivity contribution is 14.1. The molecule has 0 saturated carbocycles. The molecule has 6 rings (SSSR count). The Morgan fingerprint density at radius 3 is 2.03 bits per heavy atom. The summed E-state index contributed by atoms with van der Waals surface area (Å²) in [7, 11) is 0. The minimum Gasteiger partial charge on any atom is -0.349 e. The van der Waals surface area contributed by atoms with Crippen LogP contribution in [0.15, 0.2) is 78.9 Å². The summed E-state index contributed by atoms with van der Waals surface area (Å²) in [6.45, 7) is 0. The van der Waals surface area contributed by atoms with Gasteiger partial charge in [-0.15, -0.1) is 0 Å². The Morgan fingerprint density at radius 2 is 1.39 bits per heavy atom. The van der Waals surface area contributed by atoms with E-state index in [1.54, 1.807) is 60.7 Å². The van der Waals surface area contributed by atoms with Crippen LogP contribution in [-0.4, -0.2) is 29.0 Å². The number of para-hydroxylation sites is 1. The molecule has 3 aromatic carbocycles. The molecule has 0 aromatic heterocycles. The predicted molar refractivity (Wildman–Crippen MR) is 127 cm³/mol. The van der Waals surface area contributed by atoms with E-state index in [4.69, 9.17) is 4.74 Å². The lowest BCUT2D eigenvalue weighted by molar-refractivity contribution is -0.127. The van der Waals surface area contributed by atoms with Gasteiger partial charge in [0.15, 0.2) is 0 Å². The number of nitrogens with zero attached hydrogens (tertiary/aromatic N) is 1. The highest BCUT2D eigenvalue weighted by atomic mass is 127. The second-order valence-corrected chi connectivity index (χ2v) is 9.63. The number of imide groups is 1. The van der Waals surface area contributed by atoms with Crippen LogP contribution >= 0.6 is 22.6 Å². The van der Waals surface area contributed by atoms with Crippen molar-refractivity contribution in [2.24, 2.45) is 11.8 Å². The topological polar surface area (TPSA) is 80.8 Å². The van der Waals surface area contributed by atoms with Gasteiger partial charge in [-0.05, 0) is 52.4 Å². The van der Waals surface area contributed by atoms with Gasteiger partial charge in [-0.2, -0.15) is 0 Å². The molecule has 162 valence electrons. The molecule has 3 aromatic rings. The molecular weight excluding hydrogens is 533 g/mol. The molecular formula is C26H16INO5. The normalized spacial score (nSPS) is 25.1. The molecule has 2 heterocycles. The number of rotatable bonds is 2. The van der Waals surface area contributed by atoms with Crippen LogP contribution in [0.4, 0.5) is 5.69 Å². The molecule has 1 aliphatic carbocycles. The molecule has 33 heavy (non-hydrogen) atoms. The summed E-state index contributed by atoms with van der Waals surface area (Å²) in [5.74, 6) is -4.38. The Balaban J connectivity index is 1.56. The number of hydrogen-bond acceptors (Lipinski definition) is 5. The standard InChI is InChI=1S/C26H16INO5/c27-15-8-6-7-14(13-15)21-19-20(25(32)28(24(19)31)16-9-2-1-3-10-16)26(33-21)22(29)17-11-4-5-12-18(17)23(26)30/h1-13,19-21H. The number of Topliss-reactive ketones (excluding diaryl/α,β-unsaturated/α-hetero) is 2. The summed E-state index contributed by atoms with van der Waals surface area (Å²) in [6.07, 6.45) is -0.905. The van der Waals surface area contributed by atoms with Crippen molar-refractivity contribution in [2.75, 3.05) is 4.90 Å². The lowest BCUT2D eigenvalue weighted by atomic mass is 9.77. The zero-order chi connectivity index (χ0) is 22.9. The van der Waals surface area contributed by atoms with Gasteiger partial charge in [0.1, 0.15) is 0 Å². The predicted octanol–water partition coefficient (Wildman–Crippen LogP) is 3.99. The maximum absolute atomic E-state index is 13.8. The molecule has 7 heteroatoms. The number of amides is 2. The van der Waals surface area contributed by atoms with Crippen LogP contribution < -0.4 is 4.90 Å². The van der Waals surface area contributed by atoms with Crippen molar-refractivity contribution in [1.29, 1.82) is 0 Å². The zero-order valence-corrected chi connectivity index (χ0v) is 19.3. The molecule has 6 nitrogen and oxygen atoms in total. The van der Waals surface area contributed by atoms with Gasteiger partial charge in [-0.3, -0.25) is 19.2 Å². The van der Waals surface area contributed by atoms with Crippen molar-refractivity contribution >= 4 is 51.7 Å². The van der Waals surface area contributed by atoms with Crippen LogP contribution in [0.2, 0.25) is 0 Å². The highest BCUT2D eigenvalue weighted by Gasteiger charge is 2.74. The molecule has 3 atom stereocenters. The lowest BCUT2D eigenvalue weighted by Gasteiger charge is -2.27. The van der Waals surface area contributed by atoms with E-state index in [1.807, 2.05) is 18.2 Å². The maximum Gasteiger partial charge on any atom is 0.241 e. The largest absolute Gasteiger partial charge is 0.349 e. The van der Waals surface area contributed by atoms with Crippen LogP contribution in [0.25, 0.3) is 0 Å². The average Bonchev–Trinajstić information content (AvgIpc) is 3.40. The van der Waals surface area contributed by atoms with Gasteiger partial charge in [0, 0.05) is 14.7 Å². The van der Waals surface area contributed by atoms with E-state index in [0.29, 0.717) is 11.3 Å². The number of benzene rings is 3. The van der Waals surface area contributed by atoms with Crippen LogP contribution in [0.3, 0.4) is 0 Å². The van der Waals surface area contributed by atoms with Crippen LogP contribution in [-0.2, 0) is 14.3 Å². The third-order valence-electron chi connectivity index (χ3n) is 6.71. The first-order valence-electron chi connectivity index (χ1n) is 10.5. The smallest absolute Gasteiger partial charge is 0.241 e. The number of halogens is 1. The maximum atomic E-state index is 13.8. The summed E-state index contributed by atoms with van der Waals surface area (Å²) >= 11 is 2.15. The number of anilines is 1. The Hall–Kier alpha value is -3.17. The number of fused-ring (bicyclic) bond motifs is 3. The van der Waals surface area contributed by atoms with Gasteiger partial charge >= 0.3 is 0 Å². The van der Waals surface area contributed by atoms with E-state index in [0.717, 1.165) is 8.47 Å². The molecule has 0 bridgehead atoms. The van der Waals surface area contributed by atoms with Crippen LogP contribution in [0.1, 0.15) is 32.4 Å². The summed E-state index contributed by atoms with van der Waals surface area (Å²) in [5, 5.41) is 0. The van der Waals surface area contributed by atoms with Gasteiger partial charge in [0.2, 0.25) is 29.0 Å². The first-order chi connectivity index (χ1) is 15.9. The molecule has 1 spiro atoms. The molecule has 2 aliphatic heterocycles. The number of carbonyl (C=O) groups excluding carboxylic acids is 4. The lowest BCUT2D eigenvalue weighted by Crippen LogP contribution is -2.51. The molecule has 3 aliphatic rings. The van der Waals surface area contributed by atoms with Gasteiger partial charge in [0.05, 0.1) is 23.6 Å². The summed E-state index contributed by atoms with van der Waals surface area (Å²) < 4.78 is 7.19. The monoisotopic (exact) mass is 549 g/mol. The number of ether oxygens (including phenoxy) is 1. The molecule has 2 saturated heterocycles. The SMILES string of the molecule is O=C1C2C(c3cccc(I)c3)OC3(C(=O)c4ccccc4C3=O)C2C(=O)N1c1ccccc1. The fraction of sp³-hybridized carbons (Fsp3) is 0.154. The van der Waals surface area contributed by atoms with Crippen molar-refractivity contribution in [1.82, 2.24) is 0 Å². The molecule has 2 fully saturated rings. The van der Waals surface area contributed by atoms with E-state index in [9.17, 15) is 19.2 Å². The van der Waals surface area contributed by atoms with Crippen LogP contribution in [0.5, 0.6) is 0 Å². The van der Waals surface area contributed by atoms with E-state index >= 15 is 0 Å². The van der Waals surface area contributed by atoms with E-state index in [-0.39, 0.29) is 11.1 Å². The van der Waals surface area contributed by atoms with Crippen molar-refractivity contribution in [3.05, 3.63) is 99.1 Å². The van der Waals surface area contributed by atoms with Gasteiger partial charge in [-0.1, -0.05) is 54.6 Å². The number of carbonyl (C=O) groups is 4. The van der Waals surface area contributed by atoms with Gasteiger partial charge < -0.3 is 4.74 Å². The minimum absolute atomic E-state index is 0.225. The Kier molecular flexibility index (Phi) is 4.44. The first kappa shape index (κ1) is 20.4. The fourth-order valence-electron chi connectivity index (χ4n) is 5.33. The third kappa shape index (κ3) is 2.63. The van der Waals surface area contributed by atoms with Crippen molar-refractivity contribution in [3.63, 3.8) is 0 Å². The van der Waals surface area contributed by atoms with Crippen LogP contribution in [0, 0.1) is 15.4 Å². The van der Waals surface area contributed by atoms with Gasteiger partial charge in [0.25, 0.3) is 0 Å². The second-order valence-electron chi connectivity index (χ2n) is 8.38. The first-order valence-corrected chi connectivity index (χ1v) is 11.6. The van der Waals surface area contributed by atoms with Crippen molar-refractivity contribution in [3.8, 4) is 0 Å². The van der Waals surface area contributed by atoms with E-state index in [1.165, 1.54) is 0 Å².